The normalized spacial score (nSPS) is 11.7. The fraction of sp³-hybridized carbons (Fsp3) is 0.688. The fourth-order valence-electron chi connectivity index (χ4n) is 1.86. The van der Waals surface area contributed by atoms with Crippen LogP contribution in [0.1, 0.15) is 58.9 Å². The van der Waals surface area contributed by atoms with Crippen LogP contribution in [0.4, 0.5) is 10.2 Å². The van der Waals surface area contributed by atoms with Crippen LogP contribution in [-0.4, -0.2) is 17.1 Å². The van der Waals surface area contributed by atoms with Crippen molar-refractivity contribution in [2.45, 2.75) is 65.5 Å². The second kappa shape index (κ2) is 8.20. The summed E-state index contributed by atoms with van der Waals surface area (Å²) in [6, 6.07) is 1.73. The summed E-state index contributed by atoms with van der Waals surface area (Å²) in [6.07, 6.45) is 6.33. The Balaban J connectivity index is 2.52. The molecule has 0 saturated heterocycles. The molecule has 1 rings (SSSR count). The predicted octanol–water partition coefficient (Wildman–Crippen LogP) is 4.10. The highest BCUT2D eigenvalue weighted by Crippen LogP contribution is 2.16. The van der Waals surface area contributed by atoms with Gasteiger partial charge in [-0.2, -0.15) is 0 Å². The first-order chi connectivity index (χ1) is 9.44. The van der Waals surface area contributed by atoms with Gasteiger partial charge in [0.1, 0.15) is 0 Å². The van der Waals surface area contributed by atoms with E-state index in [1.54, 1.807) is 12.3 Å². The number of nitrogens with one attached hydrogen (secondary N) is 2. The van der Waals surface area contributed by atoms with E-state index in [1.165, 1.54) is 19.3 Å². The lowest BCUT2D eigenvalue weighted by Crippen LogP contribution is -2.35. The molecule has 1 aromatic heterocycles. The number of anilines is 1. The Morgan fingerprint density at radius 2 is 1.95 bits per heavy atom. The Hall–Kier alpha value is -1.16. The van der Waals surface area contributed by atoms with E-state index in [2.05, 4.69) is 43.3 Å². The Bertz CT molecular complexity index is 399. The highest BCUT2D eigenvalue weighted by molar-refractivity contribution is 5.39. The predicted molar refractivity (Wildman–Crippen MR) is 83.4 cm³/mol. The van der Waals surface area contributed by atoms with Crippen molar-refractivity contribution in [3.63, 3.8) is 0 Å². The largest absolute Gasteiger partial charge is 0.368 e. The molecule has 0 aliphatic heterocycles. The first-order valence-electron chi connectivity index (χ1n) is 7.56. The van der Waals surface area contributed by atoms with Crippen molar-refractivity contribution >= 4 is 5.82 Å². The SMILES string of the molecule is CCCCCCNc1nccc(CNC(C)(C)C)c1F. The van der Waals surface area contributed by atoms with Gasteiger partial charge < -0.3 is 10.6 Å². The maximum atomic E-state index is 14.3. The van der Waals surface area contributed by atoms with Crippen molar-refractivity contribution in [3.8, 4) is 0 Å². The molecule has 0 unspecified atom stereocenters. The summed E-state index contributed by atoms with van der Waals surface area (Å²) in [4.78, 5) is 4.09. The highest BCUT2D eigenvalue weighted by atomic mass is 19.1. The van der Waals surface area contributed by atoms with Crippen LogP contribution in [0.15, 0.2) is 12.3 Å². The quantitative estimate of drug-likeness (QED) is 0.704. The standard InChI is InChI=1S/C16H28FN3/c1-5-6-7-8-10-18-15-14(17)13(9-11-19-15)12-20-16(2,3)4/h9,11,20H,5-8,10,12H2,1-4H3,(H,18,19). The molecule has 2 N–H and O–H groups in total. The van der Waals surface area contributed by atoms with Gasteiger partial charge in [-0.15, -0.1) is 0 Å². The minimum absolute atomic E-state index is 0.0244. The molecule has 1 aromatic rings. The topological polar surface area (TPSA) is 37.0 Å². The van der Waals surface area contributed by atoms with Crippen LogP contribution in [0, 0.1) is 5.82 Å². The molecule has 0 spiro atoms. The van der Waals surface area contributed by atoms with Crippen LogP contribution in [0.5, 0.6) is 0 Å². The van der Waals surface area contributed by atoms with Gasteiger partial charge in [-0.25, -0.2) is 9.37 Å². The van der Waals surface area contributed by atoms with E-state index in [1.807, 2.05) is 0 Å². The zero-order valence-electron chi connectivity index (χ0n) is 13.2. The van der Waals surface area contributed by atoms with E-state index in [-0.39, 0.29) is 11.4 Å². The van der Waals surface area contributed by atoms with Crippen molar-refractivity contribution in [2.24, 2.45) is 0 Å². The third-order valence-corrected chi connectivity index (χ3v) is 3.10. The van der Waals surface area contributed by atoms with Gasteiger partial charge in [0, 0.05) is 30.4 Å². The molecule has 0 atom stereocenters. The van der Waals surface area contributed by atoms with Crippen LogP contribution in [-0.2, 0) is 6.54 Å². The van der Waals surface area contributed by atoms with E-state index in [9.17, 15) is 4.39 Å². The number of pyridine rings is 1. The average Bonchev–Trinajstić information content (AvgIpc) is 2.38. The van der Waals surface area contributed by atoms with Crippen LogP contribution >= 0.6 is 0 Å². The summed E-state index contributed by atoms with van der Waals surface area (Å²) >= 11 is 0. The van der Waals surface area contributed by atoms with Gasteiger partial charge >= 0.3 is 0 Å². The molecular formula is C16H28FN3. The van der Waals surface area contributed by atoms with Gasteiger partial charge in [0.05, 0.1) is 0 Å². The number of hydrogen-bond acceptors (Lipinski definition) is 3. The highest BCUT2D eigenvalue weighted by Gasteiger charge is 2.13. The first kappa shape index (κ1) is 16.9. The molecular weight excluding hydrogens is 253 g/mol. The summed E-state index contributed by atoms with van der Waals surface area (Å²) in [7, 11) is 0. The maximum Gasteiger partial charge on any atom is 0.169 e. The zero-order chi connectivity index (χ0) is 15.0. The van der Waals surface area contributed by atoms with Gasteiger partial charge in [-0.1, -0.05) is 26.2 Å². The molecule has 1 heterocycles. The van der Waals surface area contributed by atoms with Crippen LogP contribution in [0.2, 0.25) is 0 Å². The second-order valence-electron chi connectivity index (χ2n) is 6.22. The molecule has 0 aliphatic carbocycles. The molecule has 0 radical (unpaired) electrons. The average molecular weight is 281 g/mol. The maximum absolute atomic E-state index is 14.3. The van der Waals surface area contributed by atoms with Crippen molar-refractivity contribution in [1.29, 1.82) is 0 Å². The summed E-state index contributed by atoms with van der Waals surface area (Å²) in [6.45, 7) is 9.68. The van der Waals surface area contributed by atoms with Crippen molar-refractivity contribution in [2.75, 3.05) is 11.9 Å². The van der Waals surface area contributed by atoms with Crippen molar-refractivity contribution in [3.05, 3.63) is 23.6 Å². The Kier molecular flexibility index (Phi) is 6.93. The van der Waals surface area contributed by atoms with Gasteiger partial charge in [-0.05, 0) is 33.3 Å². The number of aromatic nitrogens is 1. The summed E-state index contributed by atoms with van der Waals surface area (Å²) in [5.41, 5.74) is 0.634. The fourth-order valence-corrected chi connectivity index (χ4v) is 1.86. The lowest BCUT2D eigenvalue weighted by molar-refractivity contribution is 0.418. The van der Waals surface area contributed by atoms with Crippen LogP contribution < -0.4 is 10.6 Å². The molecule has 0 saturated carbocycles. The van der Waals surface area contributed by atoms with Crippen molar-refractivity contribution in [1.82, 2.24) is 10.3 Å². The summed E-state index contributed by atoms with van der Waals surface area (Å²) < 4.78 is 14.3. The lowest BCUT2D eigenvalue weighted by atomic mass is 10.1. The van der Waals surface area contributed by atoms with E-state index in [4.69, 9.17) is 0 Å². The molecule has 0 amide bonds. The molecule has 20 heavy (non-hydrogen) atoms. The van der Waals surface area contributed by atoms with Gasteiger partial charge in [-0.3, -0.25) is 0 Å². The Labute approximate surface area is 122 Å². The number of hydrogen-bond donors (Lipinski definition) is 2. The third kappa shape index (κ3) is 6.33. The van der Waals surface area contributed by atoms with E-state index in [0.717, 1.165) is 13.0 Å². The molecule has 4 heteroatoms. The molecule has 0 fully saturated rings. The minimum atomic E-state index is -0.236. The Morgan fingerprint density at radius 3 is 2.60 bits per heavy atom. The molecule has 0 aliphatic rings. The number of halogens is 1. The van der Waals surface area contributed by atoms with Gasteiger partial charge in [0.25, 0.3) is 0 Å². The number of unbranched alkanes of at least 4 members (excludes halogenated alkanes) is 3. The van der Waals surface area contributed by atoms with Crippen LogP contribution in [0.25, 0.3) is 0 Å². The minimum Gasteiger partial charge on any atom is -0.368 e. The van der Waals surface area contributed by atoms with Gasteiger partial charge in [0.2, 0.25) is 0 Å². The van der Waals surface area contributed by atoms with E-state index >= 15 is 0 Å². The zero-order valence-corrected chi connectivity index (χ0v) is 13.2. The Morgan fingerprint density at radius 1 is 1.20 bits per heavy atom. The van der Waals surface area contributed by atoms with E-state index < -0.39 is 0 Å². The first-order valence-corrected chi connectivity index (χ1v) is 7.56. The summed E-state index contributed by atoms with van der Waals surface area (Å²) in [5, 5.41) is 6.39. The number of nitrogens with zero attached hydrogens (tertiary/aromatic N) is 1. The second-order valence-corrected chi connectivity index (χ2v) is 6.22. The summed E-state index contributed by atoms with van der Waals surface area (Å²) in [5.74, 6) is 0.134. The lowest BCUT2D eigenvalue weighted by Gasteiger charge is -2.21. The monoisotopic (exact) mass is 281 g/mol. The van der Waals surface area contributed by atoms with E-state index in [0.29, 0.717) is 17.9 Å². The third-order valence-electron chi connectivity index (χ3n) is 3.10. The van der Waals surface area contributed by atoms with Crippen LogP contribution in [0.3, 0.4) is 0 Å². The molecule has 114 valence electrons. The molecule has 3 nitrogen and oxygen atoms in total. The molecule has 0 aromatic carbocycles. The van der Waals surface area contributed by atoms with Gasteiger partial charge in [0.15, 0.2) is 11.6 Å². The smallest absolute Gasteiger partial charge is 0.169 e. The molecule has 0 bridgehead atoms. The number of rotatable bonds is 8. The van der Waals surface area contributed by atoms with Crippen molar-refractivity contribution < 1.29 is 4.39 Å².